The van der Waals surface area contributed by atoms with Crippen LogP contribution < -0.4 is 9.47 Å². The highest BCUT2D eigenvalue weighted by Crippen LogP contribution is 2.36. The molecule has 3 aromatic rings. The molecule has 0 fully saturated rings. The van der Waals surface area contributed by atoms with Crippen molar-refractivity contribution in [3.8, 4) is 17.2 Å². The smallest absolute Gasteiger partial charge is 0.186 e. The van der Waals surface area contributed by atoms with Crippen LogP contribution in [0.5, 0.6) is 17.2 Å². The predicted octanol–water partition coefficient (Wildman–Crippen LogP) is 8.56. The second-order valence-corrected chi connectivity index (χ2v) is 11.1. The molecule has 36 heavy (non-hydrogen) atoms. The molecule has 0 N–H and O–H groups in total. The zero-order chi connectivity index (χ0) is 25.9. The van der Waals surface area contributed by atoms with Gasteiger partial charge < -0.3 is 9.47 Å². The first-order valence-corrected chi connectivity index (χ1v) is 14.2. The zero-order valence-corrected chi connectivity index (χ0v) is 23.2. The van der Waals surface area contributed by atoms with Gasteiger partial charge in [-0.1, -0.05) is 61.0 Å². The van der Waals surface area contributed by atoms with Crippen molar-refractivity contribution in [1.82, 2.24) is 0 Å². The topological polar surface area (TPSA) is 52.6 Å². The maximum Gasteiger partial charge on any atom is 0.186 e. The average molecular weight is 543 g/mol. The molecule has 4 nitrogen and oxygen atoms in total. The van der Waals surface area contributed by atoms with E-state index in [9.17, 15) is 9.59 Å². The van der Waals surface area contributed by atoms with Gasteiger partial charge in [0, 0.05) is 17.6 Å². The Morgan fingerprint density at radius 3 is 2.42 bits per heavy atom. The average Bonchev–Trinajstić information content (AvgIpc) is 2.85. The van der Waals surface area contributed by atoms with Crippen LogP contribution in [-0.4, -0.2) is 23.3 Å². The van der Waals surface area contributed by atoms with E-state index >= 15 is 0 Å². The number of para-hydroxylation sites is 1. The van der Waals surface area contributed by atoms with Gasteiger partial charge in [-0.15, -0.1) is 11.8 Å². The fraction of sp³-hybridized carbons (Fsp3) is 0.310. The quantitative estimate of drug-likeness (QED) is 0.159. The van der Waals surface area contributed by atoms with Gasteiger partial charge in [-0.05, 0) is 73.4 Å². The van der Waals surface area contributed by atoms with E-state index in [-0.39, 0.29) is 10.9 Å². The van der Waals surface area contributed by atoms with Gasteiger partial charge in [0.25, 0.3) is 0 Å². The van der Waals surface area contributed by atoms with Crippen molar-refractivity contribution in [3.05, 3.63) is 82.9 Å². The number of halogens is 1. The maximum absolute atomic E-state index is 12.0. The summed E-state index contributed by atoms with van der Waals surface area (Å²) >= 11 is 9.16. The van der Waals surface area contributed by atoms with E-state index in [2.05, 4.69) is 13.0 Å². The number of rotatable bonds is 13. The largest absolute Gasteiger partial charge is 0.493 e. The van der Waals surface area contributed by atoms with Crippen LogP contribution in [0.1, 0.15) is 50.0 Å². The van der Waals surface area contributed by atoms with Gasteiger partial charge in [0.2, 0.25) is 0 Å². The molecule has 3 aromatic carbocycles. The summed E-state index contributed by atoms with van der Waals surface area (Å²) in [7, 11) is 0. The van der Waals surface area contributed by atoms with Gasteiger partial charge in [0.15, 0.2) is 5.12 Å². The van der Waals surface area contributed by atoms with Gasteiger partial charge >= 0.3 is 0 Å². The van der Waals surface area contributed by atoms with Crippen molar-refractivity contribution in [1.29, 1.82) is 0 Å². The molecule has 0 amide bonds. The van der Waals surface area contributed by atoms with Crippen molar-refractivity contribution in [2.24, 2.45) is 0 Å². The third-order valence-corrected chi connectivity index (χ3v) is 8.00. The number of hydrogen-bond donors (Lipinski definition) is 0. The van der Waals surface area contributed by atoms with Gasteiger partial charge in [0.1, 0.15) is 23.0 Å². The highest BCUT2D eigenvalue weighted by Gasteiger charge is 2.20. The predicted molar refractivity (Wildman–Crippen MR) is 151 cm³/mol. The molecule has 0 spiro atoms. The fourth-order valence-electron chi connectivity index (χ4n) is 3.62. The standard InChI is InChI=1S/C29H31ClO4S2/c1-4-9-22-18-25(34-24-10-6-5-7-11-24)13-14-27(22)33-16-8-17-35-28-15-12-23(19-26(28)30)29(20(2)31)36-21(3)32/h5-7,10-15,18-19,29H,4,8-9,16-17H2,1-3H3. The SMILES string of the molecule is CCCc1cc(Oc2ccccc2)ccc1OCCCSc1ccc(C(SC(C)=O)C(C)=O)cc1Cl. The summed E-state index contributed by atoms with van der Waals surface area (Å²) in [5.41, 5.74) is 1.89. The molecule has 1 unspecified atom stereocenters. The molecule has 0 heterocycles. The van der Waals surface area contributed by atoms with Gasteiger partial charge in [-0.25, -0.2) is 0 Å². The Morgan fingerprint density at radius 1 is 0.972 bits per heavy atom. The Hall–Kier alpha value is -2.41. The third kappa shape index (κ3) is 8.61. The Balaban J connectivity index is 1.52. The first-order valence-electron chi connectivity index (χ1n) is 12.0. The highest BCUT2D eigenvalue weighted by molar-refractivity contribution is 8.14. The summed E-state index contributed by atoms with van der Waals surface area (Å²) in [5.74, 6) is 3.29. The molecular weight excluding hydrogens is 512 g/mol. The minimum absolute atomic E-state index is 0.0640. The number of ether oxygens (including phenoxy) is 2. The number of Topliss-reactive ketones (excluding diaryl/α,β-unsaturated/α-hetero) is 1. The molecule has 0 bridgehead atoms. The molecular formula is C29H31ClO4S2. The van der Waals surface area contributed by atoms with Crippen molar-refractivity contribution in [2.45, 2.75) is 50.2 Å². The van der Waals surface area contributed by atoms with E-state index in [0.717, 1.165) is 70.0 Å². The van der Waals surface area contributed by atoms with Crippen LogP contribution in [0.3, 0.4) is 0 Å². The van der Waals surface area contributed by atoms with E-state index in [1.165, 1.54) is 13.8 Å². The van der Waals surface area contributed by atoms with Crippen LogP contribution in [0.2, 0.25) is 5.02 Å². The van der Waals surface area contributed by atoms with E-state index in [4.69, 9.17) is 21.1 Å². The van der Waals surface area contributed by atoms with Gasteiger partial charge in [0.05, 0.1) is 16.9 Å². The van der Waals surface area contributed by atoms with Crippen LogP contribution in [0, 0.1) is 0 Å². The summed E-state index contributed by atoms with van der Waals surface area (Å²) in [6.07, 6.45) is 2.79. The van der Waals surface area contributed by atoms with Gasteiger partial charge in [-0.3, -0.25) is 9.59 Å². The van der Waals surface area contributed by atoms with Crippen LogP contribution >= 0.6 is 35.1 Å². The lowest BCUT2D eigenvalue weighted by atomic mass is 10.1. The molecule has 0 saturated heterocycles. The van der Waals surface area contributed by atoms with E-state index in [0.29, 0.717) is 11.6 Å². The van der Waals surface area contributed by atoms with Crippen LogP contribution in [-0.2, 0) is 16.0 Å². The molecule has 0 radical (unpaired) electrons. The molecule has 0 aliphatic rings. The number of carbonyl (C=O) groups excluding carboxylic acids is 2. The molecule has 1 atom stereocenters. The van der Waals surface area contributed by atoms with Crippen molar-refractivity contribution in [2.75, 3.05) is 12.4 Å². The summed E-state index contributed by atoms with van der Waals surface area (Å²) in [4.78, 5) is 24.4. The summed E-state index contributed by atoms with van der Waals surface area (Å²) < 4.78 is 12.1. The molecule has 3 rings (SSSR count). The lowest BCUT2D eigenvalue weighted by molar-refractivity contribution is -0.117. The minimum Gasteiger partial charge on any atom is -0.493 e. The van der Waals surface area contributed by atoms with Gasteiger partial charge in [-0.2, -0.15) is 0 Å². The second kappa shape index (κ2) is 14.4. The minimum atomic E-state index is -0.519. The number of thioether (sulfide) groups is 2. The highest BCUT2D eigenvalue weighted by atomic mass is 35.5. The van der Waals surface area contributed by atoms with Crippen LogP contribution in [0.25, 0.3) is 0 Å². The van der Waals surface area contributed by atoms with Crippen molar-refractivity contribution in [3.63, 3.8) is 0 Å². The van der Waals surface area contributed by atoms with E-state index in [1.54, 1.807) is 17.8 Å². The number of hydrogen-bond acceptors (Lipinski definition) is 6. The molecule has 0 aliphatic heterocycles. The Labute approximate surface area is 227 Å². The van der Waals surface area contributed by atoms with E-state index < -0.39 is 5.25 Å². The second-order valence-electron chi connectivity index (χ2n) is 8.28. The third-order valence-electron chi connectivity index (χ3n) is 5.25. The number of carbonyl (C=O) groups is 2. The molecule has 0 aliphatic carbocycles. The first kappa shape index (κ1) is 28.2. The van der Waals surface area contributed by atoms with E-state index in [1.807, 2.05) is 54.6 Å². The maximum atomic E-state index is 12.0. The summed E-state index contributed by atoms with van der Waals surface area (Å²) in [6.45, 7) is 5.71. The molecule has 7 heteroatoms. The number of ketones is 1. The fourth-order valence-corrected chi connectivity index (χ4v) is 5.60. The molecule has 190 valence electrons. The lowest BCUT2D eigenvalue weighted by Crippen LogP contribution is -2.07. The number of aryl methyl sites for hydroxylation is 1. The van der Waals surface area contributed by atoms with Crippen molar-refractivity contribution >= 4 is 46.0 Å². The zero-order valence-electron chi connectivity index (χ0n) is 20.8. The Bertz CT molecular complexity index is 1170. The monoisotopic (exact) mass is 542 g/mol. The molecule has 0 saturated carbocycles. The first-order chi connectivity index (χ1) is 17.4. The number of benzene rings is 3. The van der Waals surface area contributed by atoms with Crippen molar-refractivity contribution < 1.29 is 19.1 Å². The Morgan fingerprint density at radius 2 is 1.75 bits per heavy atom. The summed E-state index contributed by atoms with van der Waals surface area (Å²) in [6, 6.07) is 21.3. The molecule has 0 aromatic heterocycles. The van der Waals surface area contributed by atoms with Crippen LogP contribution in [0.4, 0.5) is 0 Å². The Kier molecular flexibility index (Phi) is 11.2. The lowest BCUT2D eigenvalue weighted by Gasteiger charge is -2.14. The normalized spacial score (nSPS) is 11.7. The van der Waals surface area contributed by atoms with Crippen LogP contribution in [0.15, 0.2) is 71.6 Å². The summed E-state index contributed by atoms with van der Waals surface area (Å²) in [5, 5.41) is -0.0208.